The summed E-state index contributed by atoms with van der Waals surface area (Å²) in [5.41, 5.74) is 3.34. The zero-order valence-electron chi connectivity index (χ0n) is 20.3. The summed E-state index contributed by atoms with van der Waals surface area (Å²) in [6.07, 6.45) is 1.48. The van der Waals surface area contributed by atoms with Crippen molar-refractivity contribution in [1.29, 1.82) is 0 Å². The second kappa shape index (κ2) is 11.3. The molecule has 8 heteroatoms. The molecule has 0 aliphatic rings. The van der Waals surface area contributed by atoms with Crippen molar-refractivity contribution in [3.8, 4) is 0 Å². The van der Waals surface area contributed by atoms with Gasteiger partial charge in [-0.1, -0.05) is 54.4 Å². The van der Waals surface area contributed by atoms with Gasteiger partial charge in [0.2, 0.25) is 21.8 Å². The van der Waals surface area contributed by atoms with E-state index in [9.17, 15) is 18.0 Å². The highest BCUT2D eigenvalue weighted by molar-refractivity contribution is 7.92. The van der Waals surface area contributed by atoms with Crippen LogP contribution in [0, 0.1) is 13.8 Å². The summed E-state index contributed by atoms with van der Waals surface area (Å²) in [5, 5.41) is 2.88. The minimum atomic E-state index is -3.72. The minimum absolute atomic E-state index is 0.0806. The second-order valence-electron chi connectivity index (χ2n) is 8.70. The Balaban J connectivity index is 2.42. The van der Waals surface area contributed by atoms with E-state index in [0.29, 0.717) is 12.1 Å². The van der Waals surface area contributed by atoms with Crippen molar-refractivity contribution in [3.05, 3.63) is 65.2 Å². The summed E-state index contributed by atoms with van der Waals surface area (Å²) in [4.78, 5) is 28.0. The Morgan fingerprint density at radius 3 is 1.91 bits per heavy atom. The van der Waals surface area contributed by atoms with E-state index >= 15 is 0 Å². The topological polar surface area (TPSA) is 86.8 Å². The molecule has 180 valence electrons. The van der Waals surface area contributed by atoms with Gasteiger partial charge in [0.05, 0.1) is 11.9 Å². The van der Waals surface area contributed by atoms with E-state index in [4.69, 9.17) is 0 Å². The minimum Gasteiger partial charge on any atom is -0.352 e. The van der Waals surface area contributed by atoms with Crippen molar-refractivity contribution >= 4 is 27.5 Å². The molecule has 2 aromatic rings. The van der Waals surface area contributed by atoms with Gasteiger partial charge in [-0.25, -0.2) is 8.42 Å². The highest BCUT2D eigenvalue weighted by Crippen LogP contribution is 2.20. The molecule has 33 heavy (non-hydrogen) atoms. The molecule has 2 aromatic carbocycles. The van der Waals surface area contributed by atoms with Crippen LogP contribution in [0.5, 0.6) is 0 Å². The maximum Gasteiger partial charge on any atom is 0.244 e. The first-order valence-electron chi connectivity index (χ1n) is 11.1. The fourth-order valence-electron chi connectivity index (χ4n) is 3.52. The molecular weight excluding hydrogens is 438 g/mol. The number of carbonyl (C=O) groups excluding carboxylic acids is 2. The molecule has 2 amide bonds. The van der Waals surface area contributed by atoms with Crippen molar-refractivity contribution in [2.45, 2.75) is 59.7 Å². The fraction of sp³-hybridized carbons (Fsp3) is 0.440. The van der Waals surface area contributed by atoms with Crippen LogP contribution in [0.25, 0.3) is 0 Å². The number of hydrogen-bond acceptors (Lipinski definition) is 4. The van der Waals surface area contributed by atoms with E-state index in [1.165, 1.54) is 4.90 Å². The lowest BCUT2D eigenvalue weighted by atomic mass is 10.1. The van der Waals surface area contributed by atoms with Crippen LogP contribution in [-0.2, 0) is 26.2 Å². The Bertz CT molecular complexity index is 1050. The van der Waals surface area contributed by atoms with Gasteiger partial charge in [0.25, 0.3) is 0 Å². The highest BCUT2D eigenvalue weighted by Gasteiger charge is 2.31. The molecule has 2 rings (SSSR count). The molecule has 0 saturated heterocycles. The van der Waals surface area contributed by atoms with Gasteiger partial charge in [0, 0.05) is 12.6 Å². The summed E-state index contributed by atoms with van der Waals surface area (Å²) in [6.45, 7) is 9.26. The Morgan fingerprint density at radius 1 is 0.939 bits per heavy atom. The molecular formula is C25H35N3O4S. The maximum atomic E-state index is 13.5. The normalized spacial score (nSPS) is 12.3. The average molecular weight is 474 g/mol. The summed E-state index contributed by atoms with van der Waals surface area (Å²) < 4.78 is 26.2. The number of amides is 2. The fourth-order valence-corrected chi connectivity index (χ4v) is 4.36. The molecule has 0 fully saturated rings. The van der Waals surface area contributed by atoms with Crippen LogP contribution < -0.4 is 9.62 Å². The summed E-state index contributed by atoms with van der Waals surface area (Å²) in [5.74, 6) is -0.693. The van der Waals surface area contributed by atoms with Gasteiger partial charge in [-0.3, -0.25) is 13.9 Å². The van der Waals surface area contributed by atoms with Gasteiger partial charge in [-0.05, 0) is 51.8 Å². The lowest BCUT2D eigenvalue weighted by molar-refractivity contribution is -0.140. The molecule has 1 N–H and O–H groups in total. The number of rotatable bonds is 10. The molecule has 0 heterocycles. The van der Waals surface area contributed by atoms with Gasteiger partial charge in [-0.2, -0.15) is 0 Å². The largest absolute Gasteiger partial charge is 0.352 e. The van der Waals surface area contributed by atoms with E-state index in [1.54, 1.807) is 24.3 Å². The number of nitrogens with zero attached hydrogens (tertiary/aromatic N) is 2. The van der Waals surface area contributed by atoms with E-state index in [-0.39, 0.29) is 25.0 Å². The Morgan fingerprint density at radius 2 is 1.45 bits per heavy atom. The molecule has 0 unspecified atom stereocenters. The van der Waals surface area contributed by atoms with Gasteiger partial charge in [-0.15, -0.1) is 0 Å². The van der Waals surface area contributed by atoms with Crippen LogP contribution >= 0.6 is 0 Å². The monoisotopic (exact) mass is 473 g/mol. The summed E-state index contributed by atoms with van der Waals surface area (Å²) in [7, 11) is -3.72. The van der Waals surface area contributed by atoms with Crippen LogP contribution in [0.3, 0.4) is 0 Å². The standard InChI is InChI=1S/C25H35N3O4S/c1-7-23(25(30)26-18(2)3)27(16-21-12-8-19(4)9-13-21)24(29)17-28(33(6,31)32)22-14-10-20(5)11-15-22/h8-15,18,23H,7,16-17H2,1-6H3,(H,26,30)/t23-/m0/s1. The first-order valence-corrected chi connectivity index (χ1v) is 13.0. The number of hydrogen-bond donors (Lipinski definition) is 1. The molecule has 0 aliphatic carbocycles. The second-order valence-corrected chi connectivity index (χ2v) is 10.6. The third kappa shape index (κ3) is 7.60. The van der Waals surface area contributed by atoms with Gasteiger partial charge >= 0.3 is 0 Å². The number of aryl methyl sites for hydroxylation is 2. The maximum absolute atomic E-state index is 13.5. The summed E-state index contributed by atoms with van der Waals surface area (Å²) >= 11 is 0. The van der Waals surface area contributed by atoms with Crippen LogP contribution in [-0.4, -0.2) is 50.0 Å². The molecule has 1 atom stereocenters. The van der Waals surface area contributed by atoms with Crippen molar-refractivity contribution in [2.24, 2.45) is 0 Å². The average Bonchev–Trinajstić information content (AvgIpc) is 2.72. The van der Waals surface area contributed by atoms with Crippen molar-refractivity contribution in [3.63, 3.8) is 0 Å². The third-order valence-electron chi connectivity index (χ3n) is 5.29. The van der Waals surface area contributed by atoms with E-state index < -0.39 is 22.0 Å². The first kappa shape index (κ1) is 26.4. The number of carbonyl (C=O) groups is 2. The number of benzene rings is 2. The first-order chi connectivity index (χ1) is 15.4. The van der Waals surface area contributed by atoms with Crippen molar-refractivity contribution < 1.29 is 18.0 Å². The SMILES string of the molecule is CC[C@@H](C(=O)NC(C)C)N(Cc1ccc(C)cc1)C(=O)CN(c1ccc(C)cc1)S(C)(=O)=O. The smallest absolute Gasteiger partial charge is 0.244 e. The molecule has 0 radical (unpaired) electrons. The third-order valence-corrected chi connectivity index (χ3v) is 6.43. The van der Waals surface area contributed by atoms with Gasteiger partial charge < -0.3 is 10.2 Å². The Kier molecular flexibility index (Phi) is 9.05. The Hall–Kier alpha value is -2.87. The molecule has 0 aliphatic heterocycles. The van der Waals surface area contributed by atoms with Crippen LogP contribution in [0.2, 0.25) is 0 Å². The van der Waals surface area contributed by atoms with E-state index in [1.807, 2.05) is 58.9 Å². The van der Waals surface area contributed by atoms with E-state index in [2.05, 4.69) is 5.32 Å². The van der Waals surface area contributed by atoms with Crippen LogP contribution in [0.1, 0.15) is 43.9 Å². The lowest BCUT2D eigenvalue weighted by Gasteiger charge is -2.33. The number of anilines is 1. The molecule has 0 aromatic heterocycles. The molecule has 0 spiro atoms. The lowest BCUT2D eigenvalue weighted by Crippen LogP contribution is -2.53. The van der Waals surface area contributed by atoms with E-state index in [0.717, 1.165) is 27.3 Å². The van der Waals surface area contributed by atoms with Gasteiger partial charge in [0.1, 0.15) is 12.6 Å². The quantitative estimate of drug-likeness (QED) is 0.573. The molecule has 0 saturated carbocycles. The van der Waals surface area contributed by atoms with Crippen LogP contribution in [0.4, 0.5) is 5.69 Å². The zero-order valence-corrected chi connectivity index (χ0v) is 21.1. The van der Waals surface area contributed by atoms with Crippen molar-refractivity contribution in [1.82, 2.24) is 10.2 Å². The van der Waals surface area contributed by atoms with Crippen molar-refractivity contribution in [2.75, 3.05) is 17.1 Å². The number of sulfonamides is 1. The summed E-state index contributed by atoms with van der Waals surface area (Å²) in [6, 6.07) is 13.9. The van der Waals surface area contributed by atoms with Crippen LogP contribution in [0.15, 0.2) is 48.5 Å². The predicted octanol–water partition coefficient (Wildman–Crippen LogP) is 3.40. The Labute approximate surface area is 197 Å². The zero-order chi connectivity index (χ0) is 24.8. The molecule has 7 nitrogen and oxygen atoms in total. The number of nitrogens with one attached hydrogen (secondary N) is 1. The predicted molar refractivity (Wildman–Crippen MR) is 132 cm³/mol. The van der Waals surface area contributed by atoms with Gasteiger partial charge in [0.15, 0.2) is 0 Å². The molecule has 0 bridgehead atoms. The highest BCUT2D eigenvalue weighted by atomic mass is 32.2.